The molecule has 0 spiro atoms. The highest BCUT2D eigenvalue weighted by Gasteiger charge is 2.12. The summed E-state index contributed by atoms with van der Waals surface area (Å²) >= 11 is 0. The molecular formula is C15H22N4. The normalized spacial score (nSPS) is 12.6. The van der Waals surface area contributed by atoms with E-state index in [1.54, 1.807) is 6.33 Å². The lowest BCUT2D eigenvalue weighted by molar-refractivity contribution is 0.499. The SMILES string of the molecule is CCNC(Cc1ccc(C)cc1)Cc1ncnn1C. The molecule has 1 aromatic carbocycles. The molecule has 1 atom stereocenters. The lowest BCUT2D eigenvalue weighted by Gasteiger charge is -2.17. The fourth-order valence-corrected chi connectivity index (χ4v) is 2.24. The van der Waals surface area contributed by atoms with Crippen LogP contribution in [0.25, 0.3) is 0 Å². The Morgan fingerprint density at radius 3 is 2.53 bits per heavy atom. The molecule has 0 aliphatic heterocycles. The first kappa shape index (κ1) is 13.7. The van der Waals surface area contributed by atoms with Gasteiger partial charge in [0.15, 0.2) is 0 Å². The molecule has 0 amide bonds. The number of nitrogens with zero attached hydrogens (tertiary/aromatic N) is 3. The molecule has 1 aromatic heterocycles. The van der Waals surface area contributed by atoms with Crippen LogP contribution < -0.4 is 5.32 Å². The molecule has 0 aliphatic carbocycles. The van der Waals surface area contributed by atoms with Crippen LogP contribution >= 0.6 is 0 Å². The summed E-state index contributed by atoms with van der Waals surface area (Å²) in [7, 11) is 1.94. The lowest BCUT2D eigenvalue weighted by atomic mass is 10.0. The molecule has 4 heteroatoms. The molecule has 102 valence electrons. The van der Waals surface area contributed by atoms with Crippen molar-refractivity contribution >= 4 is 0 Å². The molecule has 19 heavy (non-hydrogen) atoms. The van der Waals surface area contributed by atoms with Gasteiger partial charge in [-0.15, -0.1) is 0 Å². The fourth-order valence-electron chi connectivity index (χ4n) is 2.24. The Labute approximate surface area is 114 Å². The van der Waals surface area contributed by atoms with Crippen molar-refractivity contribution in [3.05, 3.63) is 47.5 Å². The Morgan fingerprint density at radius 1 is 1.21 bits per heavy atom. The minimum atomic E-state index is 0.399. The molecule has 0 saturated carbocycles. The average Bonchev–Trinajstić information content (AvgIpc) is 2.78. The van der Waals surface area contributed by atoms with E-state index in [-0.39, 0.29) is 0 Å². The summed E-state index contributed by atoms with van der Waals surface area (Å²) in [5.74, 6) is 1.03. The molecule has 4 nitrogen and oxygen atoms in total. The highest BCUT2D eigenvalue weighted by molar-refractivity contribution is 5.22. The van der Waals surface area contributed by atoms with Crippen LogP contribution in [0, 0.1) is 6.92 Å². The van der Waals surface area contributed by atoms with Crippen molar-refractivity contribution in [3.8, 4) is 0 Å². The van der Waals surface area contributed by atoms with E-state index in [4.69, 9.17) is 0 Å². The second-order valence-electron chi connectivity index (χ2n) is 4.95. The van der Waals surface area contributed by atoms with E-state index in [2.05, 4.69) is 53.5 Å². The smallest absolute Gasteiger partial charge is 0.138 e. The van der Waals surface area contributed by atoms with Crippen molar-refractivity contribution in [2.45, 2.75) is 32.7 Å². The van der Waals surface area contributed by atoms with Crippen molar-refractivity contribution in [1.29, 1.82) is 0 Å². The number of hydrogen-bond donors (Lipinski definition) is 1. The predicted octanol–water partition coefficient (Wildman–Crippen LogP) is 1.89. The average molecular weight is 258 g/mol. The van der Waals surface area contributed by atoms with Crippen molar-refractivity contribution < 1.29 is 0 Å². The summed E-state index contributed by atoms with van der Waals surface area (Å²) in [5.41, 5.74) is 2.66. The standard InChI is InChI=1S/C15H22N4/c1-4-16-14(10-15-17-11-18-19(15)3)9-13-7-5-12(2)6-8-13/h5-8,11,14,16H,4,9-10H2,1-3H3. The van der Waals surface area contributed by atoms with E-state index < -0.39 is 0 Å². The second-order valence-corrected chi connectivity index (χ2v) is 4.95. The van der Waals surface area contributed by atoms with E-state index in [1.165, 1.54) is 11.1 Å². The van der Waals surface area contributed by atoms with Crippen LogP contribution in [0.3, 0.4) is 0 Å². The lowest BCUT2D eigenvalue weighted by Crippen LogP contribution is -2.34. The maximum atomic E-state index is 4.31. The van der Waals surface area contributed by atoms with E-state index >= 15 is 0 Å². The Balaban J connectivity index is 2.03. The quantitative estimate of drug-likeness (QED) is 0.860. The van der Waals surface area contributed by atoms with Crippen LogP contribution in [0.1, 0.15) is 23.9 Å². The summed E-state index contributed by atoms with van der Waals surface area (Å²) in [6.07, 6.45) is 3.53. The predicted molar refractivity (Wildman–Crippen MR) is 77.1 cm³/mol. The Kier molecular flexibility index (Phi) is 4.68. The van der Waals surface area contributed by atoms with Gasteiger partial charge < -0.3 is 5.32 Å². The fraction of sp³-hybridized carbons (Fsp3) is 0.467. The summed E-state index contributed by atoms with van der Waals surface area (Å²) < 4.78 is 1.85. The Bertz CT molecular complexity index is 501. The van der Waals surface area contributed by atoms with Gasteiger partial charge in [-0.05, 0) is 25.5 Å². The first-order valence-corrected chi connectivity index (χ1v) is 6.81. The number of aromatic nitrogens is 3. The summed E-state index contributed by atoms with van der Waals surface area (Å²) in [5, 5.41) is 7.66. The van der Waals surface area contributed by atoms with Gasteiger partial charge in [0.25, 0.3) is 0 Å². The first-order valence-electron chi connectivity index (χ1n) is 6.81. The molecule has 1 heterocycles. The number of aryl methyl sites for hydroxylation is 2. The third kappa shape index (κ3) is 3.89. The van der Waals surface area contributed by atoms with Crippen LogP contribution in [-0.4, -0.2) is 27.4 Å². The third-order valence-electron chi connectivity index (χ3n) is 3.33. The number of benzene rings is 1. The van der Waals surface area contributed by atoms with E-state index in [1.807, 2.05) is 11.7 Å². The number of likely N-dealkylation sites (N-methyl/N-ethyl adjacent to an activating group) is 1. The highest BCUT2D eigenvalue weighted by Crippen LogP contribution is 2.09. The Hall–Kier alpha value is -1.68. The Morgan fingerprint density at radius 2 is 1.95 bits per heavy atom. The molecule has 0 fully saturated rings. The number of nitrogens with one attached hydrogen (secondary N) is 1. The zero-order chi connectivity index (χ0) is 13.7. The van der Waals surface area contributed by atoms with Gasteiger partial charge in [0.1, 0.15) is 12.2 Å². The summed E-state index contributed by atoms with van der Waals surface area (Å²) in [4.78, 5) is 4.31. The molecule has 2 rings (SSSR count). The maximum absolute atomic E-state index is 4.31. The van der Waals surface area contributed by atoms with Crippen molar-refractivity contribution in [2.24, 2.45) is 7.05 Å². The number of rotatable bonds is 6. The molecule has 0 bridgehead atoms. The van der Waals surface area contributed by atoms with E-state index in [9.17, 15) is 0 Å². The minimum absolute atomic E-state index is 0.399. The van der Waals surface area contributed by atoms with Crippen LogP contribution in [0.15, 0.2) is 30.6 Å². The highest BCUT2D eigenvalue weighted by atomic mass is 15.3. The number of hydrogen-bond acceptors (Lipinski definition) is 3. The zero-order valence-electron chi connectivity index (χ0n) is 11.9. The van der Waals surface area contributed by atoms with Gasteiger partial charge in [0.2, 0.25) is 0 Å². The third-order valence-corrected chi connectivity index (χ3v) is 3.33. The topological polar surface area (TPSA) is 42.7 Å². The van der Waals surface area contributed by atoms with Gasteiger partial charge in [0, 0.05) is 19.5 Å². The molecule has 0 aliphatic rings. The first-order chi connectivity index (χ1) is 9.19. The van der Waals surface area contributed by atoms with Gasteiger partial charge in [-0.2, -0.15) is 5.10 Å². The minimum Gasteiger partial charge on any atom is -0.313 e. The van der Waals surface area contributed by atoms with Gasteiger partial charge in [0.05, 0.1) is 0 Å². The molecule has 1 N–H and O–H groups in total. The van der Waals surface area contributed by atoms with Crippen molar-refractivity contribution in [2.75, 3.05) is 6.54 Å². The van der Waals surface area contributed by atoms with Crippen molar-refractivity contribution in [3.63, 3.8) is 0 Å². The largest absolute Gasteiger partial charge is 0.313 e. The zero-order valence-corrected chi connectivity index (χ0v) is 11.9. The van der Waals surface area contributed by atoms with Crippen LogP contribution in [-0.2, 0) is 19.9 Å². The van der Waals surface area contributed by atoms with Crippen LogP contribution in [0.5, 0.6) is 0 Å². The maximum Gasteiger partial charge on any atom is 0.138 e. The van der Waals surface area contributed by atoms with Crippen molar-refractivity contribution in [1.82, 2.24) is 20.1 Å². The van der Waals surface area contributed by atoms with Gasteiger partial charge in [-0.25, -0.2) is 4.98 Å². The second kappa shape index (κ2) is 6.48. The summed E-state index contributed by atoms with van der Waals surface area (Å²) in [6.45, 7) is 5.22. The summed E-state index contributed by atoms with van der Waals surface area (Å²) in [6, 6.07) is 9.14. The van der Waals surface area contributed by atoms with E-state index in [0.29, 0.717) is 6.04 Å². The molecule has 0 radical (unpaired) electrons. The van der Waals surface area contributed by atoms with E-state index in [0.717, 1.165) is 25.2 Å². The molecular weight excluding hydrogens is 236 g/mol. The monoisotopic (exact) mass is 258 g/mol. The molecule has 2 aromatic rings. The molecule has 1 unspecified atom stereocenters. The van der Waals surface area contributed by atoms with Crippen LogP contribution in [0.2, 0.25) is 0 Å². The molecule has 0 saturated heterocycles. The van der Waals surface area contributed by atoms with Gasteiger partial charge in [-0.3, -0.25) is 4.68 Å². The van der Waals surface area contributed by atoms with Gasteiger partial charge in [-0.1, -0.05) is 36.8 Å². The van der Waals surface area contributed by atoms with Crippen LogP contribution in [0.4, 0.5) is 0 Å². The van der Waals surface area contributed by atoms with Gasteiger partial charge >= 0.3 is 0 Å².